The third kappa shape index (κ3) is 4.23. The van der Waals surface area contributed by atoms with Gasteiger partial charge in [0, 0.05) is 37.9 Å². The molecule has 0 aliphatic heterocycles. The Labute approximate surface area is 190 Å². The number of nitrogens with zero attached hydrogens (tertiary/aromatic N) is 7. The molecule has 4 rings (SSSR count). The Morgan fingerprint density at radius 2 is 1.82 bits per heavy atom. The lowest BCUT2D eigenvalue weighted by Gasteiger charge is -2.27. The number of benzene rings is 1. The molecule has 0 spiro atoms. The van der Waals surface area contributed by atoms with Gasteiger partial charge >= 0.3 is 6.18 Å². The van der Waals surface area contributed by atoms with Gasteiger partial charge in [0.2, 0.25) is 0 Å². The number of halogens is 4. The molecule has 3 heterocycles. The minimum Gasteiger partial charge on any atom is -0.351 e. The number of alkyl halides is 3. The maximum atomic E-state index is 13.4. The zero-order valence-corrected chi connectivity index (χ0v) is 18.4. The molecule has 0 saturated carbocycles. The standard InChI is InChI=1S/C21H17ClF3N7O/c1-11(17-19(27-7-6-26-17)15-4-5-16(33)32(3)30-15)31(2)20-13-8-12(21(23,24)25)9-14(22)18(13)28-10-29-20/h4-11H,1-3H3/t11-/m0/s1. The van der Waals surface area contributed by atoms with E-state index < -0.39 is 17.8 Å². The average molecular weight is 476 g/mol. The number of aromatic nitrogens is 6. The second-order valence-corrected chi connectivity index (χ2v) is 7.71. The molecule has 33 heavy (non-hydrogen) atoms. The van der Waals surface area contributed by atoms with E-state index in [4.69, 9.17) is 11.6 Å². The number of hydrogen-bond acceptors (Lipinski definition) is 7. The van der Waals surface area contributed by atoms with Gasteiger partial charge in [-0.05, 0) is 25.1 Å². The second kappa shape index (κ2) is 8.39. The SMILES string of the molecule is C[C@@H](c1nccnc1-c1ccc(=O)n(C)n1)N(C)c1ncnc2c(Cl)cc(C(F)(F)F)cc12. The van der Waals surface area contributed by atoms with Crippen LogP contribution in [0.1, 0.15) is 24.2 Å². The van der Waals surface area contributed by atoms with Gasteiger partial charge in [-0.3, -0.25) is 14.8 Å². The van der Waals surface area contributed by atoms with Crippen molar-refractivity contribution in [2.75, 3.05) is 11.9 Å². The van der Waals surface area contributed by atoms with Crippen LogP contribution in [0.5, 0.6) is 0 Å². The molecule has 12 heteroatoms. The molecule has 0 aliphatic rings. The van der Waals surface area contributed by atoms with Crippen LogP contribution in [0, 0.1) is 0 Å². The molecule has 0 bridgehead atoms. The second-order valence-electron chi connectivity index (χ2n) is 7.31. The molecular formula is C21H17ClF3N7O. The maximum absolute atomic E-state index is 13.4. The summed E-state index contributed by atoms with van der Waals surface area (Å²) in [7, 11) is 3.19. The van der Waals surface area contributed by atoms with E-state index in [-0.39, 0.29) is 27.3 Å². The first-order valence-electron chi connectivity index (χ1n) is 9.68. The highest BCUT2D eigenvalue weighted by atomic mass is 35.5. The molecule has 4 aromatic rings. The Kier molecular flexibility index (Phi) is 5.75. The smallest absolute Gasteiger partial charge is 0.351 e. The number of fused-ring (bicyclic) bond motifs is 1. The van der Waals surface area contributed by atoms with Gasteiger partial charge in [0.1, 0.15) is 23.5 Å². The molecule has 0 radical (unpaired) electrons. The minimum absolute atomic E-state index is 0.126. The first kappa shape index (κ1) is 22.6. The summed E-state index contributed by atoms with van der Waals surface area (Å²) >= 11 is 6.11. The summed E-state index contributed by atoms with van der Waals surface area (Å²) in [6.07, 6.45) is -0.343. The Hall–Kier alpha value is -3.60. The molecule has 0 fully saturated rings. The van der Waals surface area contributed by atoms with E-state index >= 15 is 0 Å². The van der Waals surface area contributed by atoms with Crippen LogP contribution in [0.3, 0.4) is 0 Å². The van der Waals surface area contributed by atoms with Crippen LogP contribution in [-0.4, -0.2) is 36.8 Å². The van der Waals surface area contributed by atoms with Gasteiger partial charge < -0.3 is 4.90 Å². The Morgan fingerprint density at radius 3 is 2.52 bits per heavy atom. The number of hydrogen-bond donors (Lipinski definition) is 0. The third-order valence-electron chi connectivity index (χ3n) is 5.24. The first-order chi connectivity index (χ1) is 15.6. The zero-order chi connectivity index (χ0) is 23.9. The van der Waals surface area contributed by atoms with Crippen molar-refractivity contribution in [1.82, 2.24) is 29.7 Å². The highest BCUT2D eigenvalue weighted by Gasteiger charge is 2.32. The van der Waals surface area contributed by atoms with E-state index in [1.54, 1.807) is 18.9 Å². The largest absolute Gasteiger partial charge is 0.416 e. The van der Waals surface area contributed by atoms with Crippen molar-refractivity contribution < 1.29 is 13.2 Å². The molecule has 3 aromatic heterocycles. The fourth-order valence-electron chi connectivity index (χ4n) is 3.40. The summed E-state index contributed by atoms with van der Waals surface area (Å²) in [5.74, 6) is 0.241. The Balaban J connectivity index is 1.83. The van der Waals surface area contributed by atoms with E-state index in [0.29, 0.717) is 17.1 Å². The van der Waals surface area contributed by atoms with Crippen molar-refractivity contribution in [3.8, 4) is 11.4 Å². The summed E-state index contributed by atoms with van der Waals surface area (Å²) in [5.41, 5.74) is 0.380. The fourth-order valence-corrected chi connectivity index (χ4v) is 3.67. The van der Waals surface area contributed by atoms with Crippen molar-refractivity contribution in [3.63, 3.8) is 0 Å². The molecule has 1 aromatic carbocycles. The molecule has 170 valence electrons. The van der Waals surface area contributed by atoms with Gasteiger partial charge in [-0.1, -0.05) is 11.6 Å². The predicted molar refractivity (Wildman–Crippen MR) is 117 cm³/mol. The van der Waals surface area contributed by atoms with Gasteiger partial charge in [0.05, 0.1) is 27.8 Å². The zero-order valence-electron chi connectivity index (χ0n) is 17.7. The van der Waals surface area contributed by atoms with Gasteiger partial charge in [-0.25, -0.2) is 14.6 Å². The highest BCUT2D eigenvalue weighted by molar-refractivity contribution is 6.35. The highest BCUT2D eigenvalue weighted by Crippen LogP contribution is 2.38. The van der Waals surface area contributed by atoms with E-state index in [9.17, 15) is 18.0 Å². The lowest BCUT2D eigenvalue weighted by molar-refractivity contribution is -0.137. The maximum Gasteiger partial charge on any atom is 0.416 e. The summed E-state index contributed by atoms with van der Waals surface area (Å²) in [6.45, 7) is 1.80. The molecule has 0 unspecified atom stereocenters. The minimum atomic E-state index is -4.58. The van der Waals surface area contributed by atoms with Gasteiger partial charge in [-0.2, -0.15) is 18.3 Å². The van der Waals surface area contributed by atoms with Gasteiger partial charge in [0.15, 0.2) is 0 Å². The molecule has 8 nitrogen and oxygen atoms in total. The summed E-state index contributed by atoms with van der Waals surface area (Å²) in [4.78, 5) is 30.5. The third-order valence-corrected chi connectivity index (χ3v) is 5.53. The lowest BCUT2D eigenvalue weighted by Crippen LogP contribution is -2.25. The van der Waals surface area contributed by atoms with Gasteiger partial charge in [-0.15, -0.1) is 0 Å². The van der Waals surface area contributed by atoms with Gasteiger partial charge in [0.25, 0.3) is 5.56 Å². The van der Waals surface area contributed by atoms with Crippen LogP contribution in [0.2, 0.25) is 5.02 Å². The lowest BCUT2D eigenvalue weighted by atomic mass is 10.1. The predicted octanol–water partition coefficient (Wildman–Crippen LogP) is 4.05. The van der Waals surface area contributed by atoms with Crippen molar-refractivity contribution in [2.45, 2.75) is 19.1 Å². The number of anilines is 1. The van der Waals surface area contributed by atoms with Crippen LogP contribution in [0.25, 0.3) is 22.3 Å². The van der Waals surface area contributed by atoms with Crippen LogP contribution < -0.4 is 10.5 Å². The van der Waals surface area contributed by atoms with E-state index in [1.165, 1.54) is 42.6 Å². The molecule has 0 saturated heterocycles. The number of aryl methyl sites for hydroxylation is 1. The molecule has 0 N–H and O–H groups in total. The molecule has 0 amide bonds. The quantitative estimate of drug-likeness (QED) is 0.440. The molecular weight excluding hydrogens is 459 g/mol. The van der Waals surface area contributed by atoms with Crippen LogP contribution in [0.15, 0.2) is 47.8 Å². The fraction of sp³-hybridized carbons (Fsp3) is 0.238. The average Bonchev–Trinajstić information content (AvgIpc) is 2.79. The van der Waals surface area contributed by atoms with Crippen molar-refractivity contribution >= 4 is 28.3 Å². The number of rotatable bonds is 4. The molecule has 0 aliphatic carbocycles. The van der Waals surface area contributed by atoms with Crippen molar-refractivity contribution in [1.29, 1.82) is 0 Å². The molecule has 1 atom stereocenters. The van der Waals surface area contributed by atoms with E-state index in [2.05, 4.69) is 25.0 Å². The summed E-state index contributed by atoms with van der Waals surface area (Å²) in [6, 6.07) is 4.24. The normalized spacial score (nSPS) is 12.7. The van der Waals surface area contributed by atoms with E-state index in [1.807, 2.05) is 0 Å². The van der Waals surface area contributed by atoms with Crippen molar-refractivity contribution in [2.24, 2.45) is 7.05 Å². The summed E-state index contributed by atoms with van der Waals surface area (Å²) in [5, 5.41) is 4.26. The van der Waals surface area contributed by atoms with Crippen molar-refractivity contribution in [3.05, 3.63) is 69.6 Å². The van der Waals surface area contributed by atoms with Crippen LogP contribution in [-0.2, 0) is 13.2 Å². The first-order valence-corrected chi connectivity index (χ1v) is 10.1. The topological polar surface area (TPSA) is 89.7 Å². The summed E-state index contributed by atoms with van der Waals surface area (Å²) < 4.78 is 41.4. The van der Waals surface area contributed by atoms with Crippen LogP contribution >= 0.6 is 11.6 Å². The van der Waals surface area contributed by atoms with E-state index in [0.717, 1.165) is 12.1 Å². The Bertz CT molecular complexity index is 1410. The Morgan fingerprint density at radius 1 is 1.09 bits per heavy atom. The monoisotopic (exact) mass is 475 g/mol. The van der Waals surface area contributed by atoms with Crippen LogP contribution in [0.4, 0.5) is 19.0 Å².